The van der Waals surface area contributed by atoms with Crippen molar-refractivity contribution in [1.29, 1.82) is 0 Å². The number of aryl methyl sites for hydroxylation is 1. The molecule has 2 atom stereocenters. The summed E-state index contributed by atoms with van der Waals surface area (Å²) in [5.41, 5.74) is 2.59. The first-order valence-corrected chi connectivity index (χ1v) is 7.85. The summed E-state index contributed by atoms with van der Waals surface area (Å²) >= 11 is 0. The van der Waals surface area contributed by atoms with Gasteiger partial charge in [-0.3, -0.25) is 9.59 Å². The van der Waals surface area contributed by atoms with E-state index in [4.69, 9.17) is 4.74 Å². The van der Waals surface area contributed by atoms with Gasteiger partial charge < -0.3 is 4.74 Å². The lowest BCUT2D eigenvalue weighted by atomic mass is 9.77. The Hall–Kier alpha value is -1.64. The summed E-state index contributed by atoms with van der Waals surface area (Å²) in [6, 6.07) is 8.28. The number of hydrogen-bond donors (Lipinski definition) is 0. The number of unbranched alkanes of at least 4 members (excludes halogenated alkanes) is 1. The van der Waals surface area contributed by atoms with Crippen molar-refractivity contribution in [3.63, 3.8) is 0 Å². The predicted octanol–water partition coefficient (Wildman–Crippen LogP) is 3.34. The maximum atomic E-state index is 12.7. The summed E-state index contributed by atoms with van der Waals surface area (Å²) in [5.74, 6) is -0.914. The number of Topliss-reactive ketones (excluding diaryl/α,β-unsaturated/α-hetero) is 1. The van der Waals surface area contributed by atoms with Crippen LogP contribution in [-0.4, -0.2) is 18.9 Å². The molecule has 21 heavy (non-hydrogen) atoms. The van der Waals surface area contributed by atoms with Crippen LogP contribution in [0.3, 0.4) is 0 Å². The van der Waals surface area contributed by atoms with Crippen molar-refractivity contribution in [2.45, 2.75) is 45.4 Å². The normalized spacial score (nSPS) is 18.7. The summed E-state index contributed by atoms with van der Waals surface area (Å²) in [7, 11) is 1.37. The second kappa shape index (κ2) is 7.39. The van der Waals surface area contributed by atoms with Crippen LogP contribution in [0.15, 0.2) is 24.3 Å². The highest BCUT2D eigenvalue weighted by Crippen LogP contribution is 2.29. The number of carbonyl (C=O) groups is 2. The second-order valence-corrected chi connectivity index (χ2v) is 5.83. The van der Waals surface area contributed by atoms with E-state index in [9.17, 15) is 9.59 Å². The topological polar surface area (TPSA) is 43.4 Å². The third kappa shape index (κ3) is 3.72. The summed E-state index contributed by atoms with van der Waals surface area (Å²) in [6.07, 6.45) is 5.00. The standard InChI is InChI=1S/C18H24O3/c1-3-4-9-16(18(20)21-2)17(19)15-11-10-13-7-5-6-8-14(13)12-15/h5-8,15-16H,3-4,9-12H2,1-2H3. The molecule has 0 fully saturated rings. The summed E-state index contributed by atoms with van der Waals surface area (Å²) in [4.78, 5) is 24.6. The van der Waals surface area contributed by atoms with Crippen LogP contribution in [0.5, 0.6) is 0 Å². The molecule has 2 unspecified atom stereocenters. The first-order valence-electron chi connectivity index (χ1n) is 7.85. The lowest BCUT2D eigenvalue weighted by Gasteiger charge is -2.26. The average molecular weight is 288 g/mol. The monoisotopic (exact) mass is 288 g/mol. The fourth-order valence-corrected chi connectivity index (χ4v) is 3.15. The number of hydrogen-bond acceptors (Lipinski definition) is 3. The number of fused-ring (bicyclic) bond motifs is 1. The molecule has 0 heterocycles. The minimum atomic E-state index is -0.579. The molecule has 0 N–H and O–H groups in total. The Balaban J connectivity index is 2.09. The largest absolute Gasteiger partial charge is 0.468 e. The van der Waals surface area contributed by atoms with Gasteiger partial charge in [-0.15, -0.1) is 0 Å². The maximum absolute atomic E-state index is 12.7. The van der Waals surface area contributed by atoms with Gasteiger partial charge in [-0.25, -0.2) is 0 Å². The number of benzene rings is 1. The van der Waals surface area contributed by atoms with Crippen LogP contribution in [0, 0.1) is 11.8 Å². The average Bonchev–Trinajstić information content (AvgIpc) is 2.54. The Kier molecular flexibility index (Phi) is 5.54. The number of carbonyl (C=O) groups excluding carboxylic acids is 2. The van der Waals surface area contributed by atoms with E-state index in [0.29, 0.717) is 6.42 Å². The van der Waals surface area contributed by atoms with Crippen molar-refractivity contribution in [2.75, 3.05) is 7.11 Å². The Morgan fingerprint density at radius 1 is 1.29 bits per heavy atom. The van der Waals surface area contributed by atoms with E-state index in [1.54, 1.807) is 0 Å². The maximum Gasteiger partial charge on any atom is 0.316 e. The van der Waals surface area contributed by atoms with Crippen molar-refractivity contribution in [3.05, 3.63) is 35.4 Å². The molecule has 3 heteroatoms. The van der Waals surface area contributed by atoms with Crippen molar-refractivity contribution in [3.8, 4) is 0 Å². The summed E-state index contributed by atoms with van der Waals surface area (Å²) < 4.78 is 4.83. The van der Waals surface area contributed by atoms with Gasteiger partial charge >= 0.3 is 5.97 Å². The van der Waals surface area contributed by atoms with Gasteiger partial charge in [0.15, 0.2) is 5.78 Å². The van der Waals surface area contributed by atoms with E-state index < -0.39 is 5.92 Å². The third-order valence-corrected chi connectivity index (χ3v) is 4.42. The minimum Gasteiger partial charge on any atom is -0.468 e. The quantitative estimate of drug-likeness (QED) is 0.595. The van der Waals surface area contributed by atoms with Crippen LogP contribution < -0.4 is 0 Å². The minimum absolute atomic E-state index is 0.0409. The molecule has 1 aromatic carbocycles. The van der Waals surface area contributed by atoms with Gasteiger partial charge in [-0.05, 0) is 36.8 Å². The second-order valence-electron chi connectivity index (χ2n) is 5.83. The lowest BCUT2D eigenvalue weighted by molar-refractivity contribution is -0.151. The molecule has 114 valence electrons. The lowest BCUT2D eigenvalue weighted by Crippen LogP contribution is -2.33. The molecule has 0 spiro atoms. The Morgan fingerprint density at radius 2 is 2.00 bits per heavy atom. The molecule has 1 aromatic rings. The SMILES string of the molecule is CCCCC(C(=O)OC)C(=O)C1CCc2ccccc2C1. The highest BCUT2D eigenvalue weighted by molar-refractivity contribution is 6.00. The molecular formula is C18H24O3. The highest BCUT2D eigenvalue weighted by Gasteiger charge is 2.34. The molecule has 0 bridgehead atoms. The number of methoxy groups -OCH3 is 1. The van der Waals surface area contributed by atoms with Crippen molar-refractivity contribution < 1.29 is 14.3 Å². The molecule has 3 nitrogen and oxygen atoms in total. The van der Waals surface area contributed by atoms with Gasteiger partial charge in [0.25, 0.3) is 0 Å². The van der Waals surface area contributed by atoms with Crippen molar-refractivity contribution in [2.24, 2.45) is 11.8 Å². The Morgan fingerprint density at radius 3 is 2.67 bits per heavy atom. The molecular weight excluding hydrogens is 264 g/mol. The molecule has 1 aliphatic rings. The molecule has 0 amide bonds. The number of rotatable bonds is 6. The predicted molar refractivity (Wildman–Crippen MR) is 82.0 cm³/mol. The van der Waals surface area contributed by atoms with Gasteiger partial charge in [0.1, 0.15) is 5.92 Å². The molecule has 1 aliphatic carbocycles. The summed E-state index contributed by atoms with van der Waals surface area (Å²) in [6.45, 7) is 2.07. The molecule has 0 radical (unpaired) electrons. The first-order chi connectivity index (χ1) is 10.2. The fourth-order valence-electron chi connectivity index (χ4n) is 3.15. The van der Waals surface area contributed by atoms with Gasteiger partial charge in [0.2, 0.25) is 0 Å². The Bertz CT molecular complexity index is 507. The number of ether oxygens (including phenoxy) is 1. The van der Waals surface area contributed by atoms with E-state index in [-0.39, 0.29) is 17.7 Å². The first kappa shape index (κ1) is 15.7. The van der Waals surface area contributed by atoms with Crippen molar-refractivity contribution >= 4 is 11.8 Å². The van der Waals surface area contributed by atoms with Crippen LogP contribution in [0.4, 0.5) is 0 Å². The smallest absolute Gasteiger partial charge is 0.316 e. The summed E-state index contributed by atoms with van der Waals surface area (Å²) in [5, 5.41) is 0. The van der Waals surface area contributed by atoms with Crippen LogP contribution >= 0.6 is 0 Å². The number of esters is 1. The van der Waals surface area contributed by atoms with Gasteiger partial charge in [-0.2, -0.15) is 0 Å². The zero-order valence-corrected chi connectivity index (χ0v) is 12.9. The number of ketones is 1. The van der Waals surface area contributed by atoms with Crippen LogP contribution in [0.2, 0.25) is 0 Å². The van der Waals surface area contributed by atoms with Crippen LogP contribution in [0.25, 0.3) is 0 Å². The van der Waals surface area contributed by atoms with Gasteiger partial charge in [0, 0.05) is 5.92 Å². The molecule has 0 aromatic heterocycles. The molecule has 0 aliphatic heterocycles. The van der Waals surface area contributed by atoms with Crippen molar-refractivity contribution in [1.82, 2.24) is 0 Å². The van der Waals surface area contributed by atoms with Gasteiger partial charge in [0.05, 0.1) is 7.11 Å². The highest BCUT2D eigenvalue weighted by atomic mass is 16.5. The van der Waals surface area contributed by atoms with E-state index in [1.807, 2.05) is 12.1 Å². The third-order valence-electron chi connectivity index (χ3n) is 4.42. The molecule has 0 saturated carbocycles. The zero-order valence-electron chi connectivity index (χ0n) is 12.9. The van der Waals surface area contributed by atoms with E-state index in [1.165, 1.54) is 18.2 Å². The zero-order chi connectivity index (χ0) is 15.2. The molecule has 2 rings (SSSR count). The fraction of sp³-hybridized carbons (Fsp3) is 0.556. The van der Waals surface area contributed by atoms with E-state index >= 15 is 0 Å². The van der Waals surface area contributed by atoms with Gasteiger partial charge in [-0.1, -0.05) is 44.0 Å². The van der Waals surface area contributed by atoms with Crippen LogP contribution in [-0.2, 0) is 27.2 Å². The van der Waals surface area contributed by atoms with E-state index in [2.05, 4.69) is 19.1 Å². The van der Waals surface area contributed by atoms with E-state index in [0.717, 1.165) is 32.1 Å². The Labute approximate surface area is 126 Å². The molecule has 0 saturated heterocycles. The van der Waals surface area contributed by atoms with Crippen LogP contribution in [0.1, 0.15) is 43.7 Å².